The number of methoxy groups -OCH3 is 1. The van der Waals surface area contributed by atoms with E-state index in [-0.39, 0.29) is 11.9 Å². The molecular weight excluding hydrogens is 394 g/mol. The third kappa shape index (κ3) is 4.67. The predicted octanol–water partition coefficient (Wildman–Crippen LogP) is 3.92. The molecule has 0 aliphatic carbocycles. The van der Waals surface area contributed by atoms with E-state index in [0.717, 1.165) is 42.5 Å². The third-order valence-electron chi connectivity index (χ3n) is 5.85. The Morgan fingerprint density at radius 3 is 2.94 bits per heavy atom. The smallest absolute Gasteiger partial charge is 0.270 e. The van der Waals surface area contributed by atoms with E-state index in [1.807, 2.05) is 25.1 Å². The van der Waals surface area contributed by atoms with Crippen molar-refractivity contribution in [2.24, 2.45) is 0 Å². The molecule has 31 heavy (non-hydrogen) atoms. The number of pyridine rings is 1. The molecule has 1 aromatic carbocycles. The number of carbonyl (C=O) groups is 1. The Hall–Kier alpha value is -2.64. The summed E-state index contributed by atoms with van der Waals surface area (Å²) in [4.78, 5) is 20.2. The lowest BCUT2D eigenvalue weighted by molar-refractivity contribution is 0.0881. The van der Waals surface area contributed by atoms with Crippen LogP contribution in [0.15, 0.2) is 28.7 Å². The number of benzene rings is 1. The average molecular weight is 426 g/mol. The highest BCUT2D eigenvalue weighted by Gasteiger charge is 2.24. The summed E-state index contributed by atoms with van der Waals surface area (Å²) in [7, 11) is 1.63. The normalized spacial score (nSPS) is 17.5. The lowest BCUT2D eigenvalue weighted by atomic mass is 10.0. The van der Waals surface area contributed by atoms with Gasteiger partial charge in [-0.2, -0.15) is 0 Å². The van der Waals surface area contributed by atoms with Gasteiger partial charge in [0, 0.05) is 42.6 Å². The van der Waals surface area contributed by atoms with Gasteiger partial charge in [-0.1, -0.05) is 6.07 Å². The van der Waals surface area contributed by atoms with Crippen LogP contribution in [0.4, 0.5) is 0 Å². The number of aryl methyl sites for hydroxylation is 1. The summed E-state index contributed by atoms with van der Waals surface area (Å²) < 4.78 is 17.0. The number of amides is 1. The number of aromatic nitrogens is 1. The molecule has 166 valence electrons. The van der Waals surface area contributed by atoms with Gasteiger partial charge in [0.15, 0.2) is 5.58 Å². The Bertz CT molecular complexity index is 1080. The van der Waals surface area contributed by atoms with Crippen molar-refractivity contribution in [3.63, 3.8) is 0 Å². The summed E-state index contributed by atoms with van der Waals surface area (Å²) in [5.74, 6) is 1.22. The van der Waals surface area contributed by atoms with Crippen LogP contribution >= 0.6 is 0 Å². The maximum Gasteiger partial charge on any atom is 0.270 e. The van der Waals surface area contributed by atoms with Crippen molar-refractivity contribution in [2.45, 2.75) is 45.7 Å². The molecule has 0 unspecified atom stereocenters. The lowest BCUT2D eigenvalue weighted by Gasteiger charge is -2.35. The summed E-state index contributed by atoms with van der Waals surface area (Å²) in [6.07, 6.45) is 2.05. The quantitative estimate of drug-likeness (QED) is 0.578. The van der Waals surface area contributed by atoms with E-state index in [1.165, 1.54) is 0 Å². The monoisotopic (exact) mass is 425 g/mol. The summed E-state index contributed by atoms with van der Waals surface area (Å²) >= 11 is 0. The number of piperidine rings is 1. The molecule has 0 saturated carbocycles. The molecule has 3 aromatic rings. The molecule has 3 heterocycles. The van der Waals surface area contributed by atoms with Crippen LogP contribution < -0.4 is 10.1 Å². The van der Waals surface area contributed by atoms with E-state index in [0.29, 0.717) is 41.8 Å². The van der Waals surface area contributed by atoms with Crippen molar-refractivity contribution in [1.82, 2.24) is 15.2 Å². The molecule has 7 nitrogen and oxygen atoms in total. The van der Waals surface area contributed by atoms with Crippen LogP contribution in [-0.2, 0) is 4.74 Å². The molecule has 0 bridgehead atoms. The molecule has 0 spiro atoms. The van der Waals surface area contributed by atoms with Gasteiger partial charge in [-0.05, 0) is 52.3 Å². The minimum Gasteiger partial charge on any atom is -0.490 e. The number of hydrogen-bond donors (Lipinski definition) is 1. The first kappa shape index (κ1) is 21.6. The van der Waals surface area contributed by atoms with E-state index in [1.54, 1.807) is 13.2 Å². The second kappa shape index (κ2) is 9.24. The summed E-state index contributed by atoms with van der Waals surface area (Å²) in [5.41, 5.74) is 1.64. The number of likely N-dealkylation sites (tertiary alicyclic amines) is 1. The molecule has 4 rings (SSSR count). The van der Waals surface area contributed by atoms with Crippen LogP contribution in [0.5, 0.6) is 5.75 Å². The Morgan fingerprint density at radius 2 is 2.16 bits per heavy atom. The zero-order chi connectivity index (χ0) is 22.0. The molecule has 1 aliphatic rings. The first-order chi connectivity index (χ1) is 15.0. The van der Waals surface area contributed by atoms with Crippen molar-refractivity contribution >= 4 is 27.8 Å². The van der Waals surface area contributed by atoms with Crippen LogP contribution in [0, 0.1) is 6.92 Å². The minimum atomic E-state index is -0.186. The molecule has 1 fully saturated rings. The largest absolute Gasteiger partial charge is 0.490 e. The van der Waals surface area contributed by atoms with Gasteiger partial charge in [0.2, 0.25) is 0 Å². The molecule has 1 amide bonds. The maximum absolute atomic E-state index is 13.2. The average Bonchev–Trinajstić information content (AvgIpc) is 3.14. The van der Waals surface area contributed by atoms with Gasteiger partial charge < -0.3 is 19.2 Å². The predicted molar refractivity (Wildman–Crippen MR) is 121 cm³/mol. The van der Waals surface area contributed by atoms with E-state index >= 15 is 0 Å². The number of carbonyl (C=O) groups excluding carboxylic acids is 1. The first-order valence-electron chi connectivity index (χ1n) is 11.0. The van der Waals surface area contributed by atoms with Crippen molar-refractivity contribution < 1.29 is 18.7 Å². The van der Waals surface area contributed by atoms with Gasteiger partial charge >= 0.3 is 0 Å². The second-order valence-corrected chi connectivity index (χ2v) is 8.49. The molecular formula is C24H31N3O4. The van der Waals surface area contributed by atoms with Gasteiger partial charge in [0.1, 0.15) is 29.3 Å². The van der Waals surface area contributed by atoms with E-state index in [9.17, 15) is 4.79 Å². The summed E-state index contributed by atoms with van der Waals surface area (Å²) in [6.45, 7) is 9.06. The molecule has 2 aromatic heterocycles. The van der Waals surface area contributed by atoms with E-state index in [2.05, 4.69) is 24.1 Å². The highest BCUT2D eigenvalue weighted by Crippen LogP contribution is 2.33. The SMILES string of the molecule is COCCOc1cc(C(=O)N[C@@H]2CCCN(C(C)C)C2)nc2c1ccc1cc(C)oc12. The van der Waals surface area contributed by atoms with Crippen LogP contribution in [0.2, 0.25) is 0 Å². The zero-order valence-corrected chi connectivity index (χ0v) is 18.7. The lowest BCUT2D eigenvalue weighted by Crippen LogP contribution is -2.49. The number of ether oxygens (including phenoxy) is 2. The van der Waals surface area contributed by atoms with Gasteiger partial charge in [0.25, 0.3) is 5.91 Å². The van der Waals surface area contributed by atoms with Gasteiger partial charge in [-0.3, -0.25) is 9.69 Å². The topological polar surface area (TPSA) is 76.8 Å². The highest BCUT2D eigenvalue weighted by molar-refractivity contribution is 6.06. The zero-order valence-electron chi connectivity index (χ0n) is 18.7. The minimum absolute atomic E-state index is 0.112. The number of hydrogen-bond acceptors (Lipinski definition) is 6. The van der Waals surface area contributed by atoms with Crippen LogP contribution in [-0.4, -0.2) is 61.3 Å². The number of rotatable bonds is 7. The second-order valence-electron chi connectivity index (χ2n) is 8.49. The number of furan rings is 1. The Labute approximate surface area is 182 Å². The number of nitrogens with zero attached hydrogens (tertiary/aromatic N) is 2. The molecule has 0 radical (unpaired) electrons. The molecule has 1 atom stereocenters. The van der Waals surface area contributed by atoms with Crippen LogP contribution in [0.3, 0.4) is 0 Å². The number of fused-ring (bicyclic) bond motifs is 3. The fraction of sp³-hybridized carbons (Fsp3) is 0.500. The van der Waals surface area contributed by atoms with Crippen LogP contribution in [0.25, 0.3) is 21.9 Å². The van der Waals surface area contributed by atoms with Gasteiger partial charge in [-0.25, -0.2) is 4.98 Å². The first-order valence-corrected chi connectivity index (χ1v) is 11.0. The van der Waals surface area contributed by atoms with Gasteiger partial charge in [0.05, 0.1) is 6.61 Å². The molecule has 1 N–H and O–H groups in total. The van der Waals surface area contributed by atoms with Gasteiger partial charge in [-0.15, -0.1) is 0 Å². The maximum atomic E-state index is 13.2. The molecule has 7 heteroatoms. The van der Waals surface area contributed by atoms with E-state index < -0.39 is 0 Å². The van der Waals surface area contributed by atoms with Crippen LogP contribution in [0.1, 0.15) is 42.9 Å². The highest BCUT2D eigenvalue weighted by atomic mass is 16.5. The van der Waals surface area contributed by atoms with Crippen molar-refractivity contribution in [3.8, 4) is 5.75 Å². The van der Waals surface area contributed by atoms with Crippen molar-refractivity contribution in [3.05, 3.63) is 35.7 Å². The summed E-state index contributed by atoms with van der Waals surface area (Å²) in [6, 6.07) is 8.22. The fourth-order valence-electron chi connectivity index (χ4n) is 4.20. The standard InChI is InChI=1S/C24H31N3O4/c1-15(2)27-9-5-6-18(14-27)25-24(28)20-13-21(30-11-10-29-4)19-8-7-17-12-16(3)31-23(17)22(19)26-20/h7-8,12-13,15,18H,5-6,9-11,14H2,1-4H3,(H,25,28)/t18-/m1/s1. The third-order valence-corrected chi connectivity index (χ3v) is 5.85. The number of nitrogens with one attached hydrogen (secondary N) is 1. The Balaban J connectivity index is 1.67. The van der Waals surface area contributed by atoms with E-state index in [4.69, 9.17) is 18.9 Å². The summed E-state index contributed by atoms with van der Waals surface area (Å²) in [5, 5.41) is 4.95. The molecule has 1 aliphatic heterocycles. The Morgan fingerprint density at radius 1 is 1.32 bits per heavy atom. The van der Waals surface area contributed by atoms with Crippen molar-refractivity contribution in [1.29, 1.82) is 0 Å². The fourth-order valence-corrected chi connectivity index (χ4v) is 4.20. The Kier molecular flexibility index (Phi) is 6.43. The molecule has 1 saturated heterocycles. The van der Waals surface area contributed by atoms with Crippen molar-refractivity contribution in [2.75, 3.05) is 33.4 Å².